The minimum absolute atomic E-state index is 0.0528. The van der Waals surface area contributed by atoms with Gasteiger partial charge in [-0.05, 0) is 24.6 Å². The molecule has 0 saturated carbocycles. The van der Waals surface area contributed by atoms with Gasteiger partial charge < -0.3 is 9.40 Å². The van der Waals surface area contributed by atoms with Crippen LogP contribution in [0.2, 0.25) is 0 Å². The van der Waals surface area contributed by atoms with Crippen LogP contribution >= 0.6 is 0 Å². The Morgan fingerprint density at radius 3 is 2.09 bits per heavy atom. The number of halogens is 3. The third-order valence-electron chi connectivity index (χ3n) is 4.96. The molecule has 0 fully saturated rings. The molecule has 0 saturated heterocycles. The van der Waals surface area contributed by atoms with Gasteiger partial charge in [-0.2, -0.15) is 22.8 Å². The molecule has 2 aromatic carbocycles. The van der Waals surface area contributed by atoms with Gasteiger partial charge in [0.15, 0.2) is 5.69 Å². The average Bonchev–Trinajstić information content (AvgIpc) is 3.40. The van der Waals surface area contributed by atoms with Crippen molar-refractivity contribution in [2.24, 2.45) is 0 Å². The highest BCUT2D eigenvalue weighted by Gasteiger charge is 2.39. The number of nitrogens with zero attached hydrogens (tertiary/aromatic N) is 4. The molecule has 1 N–H and O–H groups in total. The number of hydrogen-bond donors (Lipinski definition) is 1. The van der Waals surface area contributed by atoms with Crippen molar-refractivity contribution in [2.75, 3.05) is 0 Å². The Balaban J connectivity index is 1.75. The lowest BCUT2D eigenvalue weighted by Crippen LogP contribution is -2.20. The summed E-state index contributed by atoms with van der Waals surface area (Å²) in [5.74, 6) is 0.0655. The summed E-state index contributed by atoms with van der Waals surface area (Å²) in [6.07, 6.45) is -4.77. The first-order chi connectivity index (χ1) is 15.3. The number of benzene rings is 2. The Morgan fingerprint density at radius 2 is 1.47 bits per heavy atom. The molecule has 0 spiro atoms. The largest absolute Gasteiger partial charge is 0.435 e. The Labute approximate surface area is 178 Å². The number of H-pyrrole nitrogens is 1. The van der Waals surface area contributed by atoms with E-state index in [-0.39, 0.29) is 39.8 Å². The summed E-state index contributed by atoms with van der Waals surface area (Å²) in [4.78, 5) is 16.1. The zero-order chi connectivity index (χ0) is 22.5. The molecule has 10 heteroatoms. The molecule has 0 aliphatic heterocycles. The zero-order valence-corrected chi connectivity index (χ0v) is 16.5. The minimum Gasteiger partial charge on any atom is -0.416 e. The number of aromatic amines is 1. The van der Waals surface area contributed by atoms with Crippen LogP contribution in [0.1, 0.15) is 11.4 Å². The van der Waals surface area contributed by atoms with E-state index in [1.165, 1.54) is 12.1 Å². The van der Waals surface area contributed by atoms with E-state index in [4.69, 9.17) is 4.42 Å². The summed E-state index contributed by atoms with van der Waals surface area (Å²) in [5.41, 5.74) is -1.10. The van der Waals surface area contributed by atoms with Crippen LogP contribution in [-0.4, -0.2) is 24.8 Å². The first-order valence-corrected chi connectivity index (χ1v) is 9.52. The molecule has 0 radical (unpaired) electrons. The van der Waals surface area contributed by atoms with Crippen LogP contribution in [0, 0.1) is 6.92 Å². The van der Waals surface area contributed by atoms with Crippen molar-refractivity contribution in [3.05, 3.63) is 82.4 Å². The van der Waals surface area contributed by atoms with E-state index in [2.05, 4.69) is 20.3 Å². The summed E-state index contributed by atoms with van der Waals surface area (Å²) in [6, 6.07) is 16.9. The fourth-order valence-corrected chi connectivity index (χ4v) is 3.54. The van der Waals surface area contributed by atoms with Gasteiger partial charge in [0.1, 0.15) is 11.2 Å². The molecular weight excluding hydrogens is 423 g/mol. The van der Waals surface area contributed by atoms with Gasteiger partial charge in [-0.25, -0.2) is 0 Å². The lowest BCUT2D eigenvalue weighted by Gasteiger charge is -2.07. The Bertz CT molecular complexity index is 1490. The van der Waals surface area contributed by atoms with Gasteiger partial charge >= 0.3 is 6.18 Å². The number of aromatic nitrogens is 5. The summed E-state index contributed by atoms with van der Waals surface area (Å²) in [6.45, 7) is 1.55. The number of rotatable bonds is 3. The van der Waals surface area contributed by atoms with Gasteiger partial charge in [-0.3, -0.25) is 4.79 Å². The quantitative estimate of drug-likeness (QED) is 0.441. The molecule has 0 unspecified atom stereocenters. The van der Waals surface area contributed by atoms with Crippen molar-refractivity contribution in [1.29, 1.82) is 0 Å². The van der Waals surface area contributed by atoms with Crippen molar-refractivity contribution >= 4 is 5.65 Å². The normalized spacial score (nSPS) is 11.9. The number of fused-ring (bicyclic) bond motifs is 1. The van der Waals surface area contributed by atoms with E-state index < -0.39 is 17.4 Å². The van der Waals surface area contributed by atoms with Gasteiger partial charge in [0.05, 0.1) is 5.56 Å². The topological polar surface area (TPSA) is 89.1 Å². The van der Waals surface area contributed by atoms with Crippen molar-refractivity contribution in [3.8, 4) is 34.0 Å². The average molecular weight is 437 g/mol. The van der Waals surface area contributed by atoms with Crippen molar-refractivity contribution in [2.45, 2.75) is 13.1 Å². The Morgan fingerprint density at radius 1 is 0.875 bits per heavy atom. The zero-order valence-electron chi connectivity index (χ0n) is 16.5. The van der Waals surface area contributed by atoms with Crippen molar-refractivity contribution in [3.63, 3.8) is 0 Å². The minimum atomic E-state index is -4.77. The molecule has 0 aliphatic carbocycles. The molecule has 160 valence electrons. The Kier molecular flexibility index (Phi) is 4.43. The third kappa shape index (κ3) is 3.16. The maximum atomic E-state index is 13.8. The number of aryl methyl sites for hydroxylation is 1. The smallest absolute Gasteiger partial charge is 0.416 e. The second kappa shape index (κ2) is 7.19. The second-order valence-corrected chi connectivity index (χ2v) is 7.06. The van der Waals surface area contributed by atoms with Crippen molar-refractivity contribution in [1.82, 2.24) is 24.8 Å². The predicted molar refractivity (Wildman–Crippen MR) is 110 cm³/mol. The van der Waals surface area contributed by atoms with E-state index >= 15 is 0 Å². The lowest BCUT2D eigenvalue weighted by atomic mass is 10.1. The molecule has 5 rings (SSSR count). The highest BCUT2D eigenvalue weighted by Crippen LogP contribution is 2.38. The number of hydrogen-bond acceptors (Lipinski definition) is 5. The molecule has 0 bridgehead atoms. The molecule has 0 atom stereocenters. The van der Waals surface area contributed by atoms with Gasteiger partial charge in [0.2, 0.25) is 5.89 Å². The molecule has 0 amide bonds. The van der Waals surface area contributed by atoms with Crippen molar-refractivity contribution < 1.29 is 17.6 Å². The Hall–Kier alpha value is -4.21. The first-order valence-electron chi connectivity index (χ1n) is 9.52. The van der Waals surface area contributed by atoms with Crippen LogP contribution in [0.5, 0.6) is 0 Å². The molecule has 3 heterocycles. The van der Waals surface area contributed by atoms with E-state index in [1.807, 2.05) is 6.07 Å². The fourth-order valence-electron chi connectivity index (χ4n) is 3.54. The van der Waals surface area contributed by atoms with E-state index in [9.17, 15) is 18.0 Å². The highest BCUT2D eigenvalue weighted by molar-refractivity contribution is 5.81. The standard InChI is InChI=1S/C22H14F3N5O2/c1-12-15(20-28-27-19(32-20)14-10-6-3-7-11-14)21(31)30-18(26-12)16(13-8-4-2-5-9-13)17(29-30)22(23,24)25/h2-11,26H,1H3. The van der Waals surface area contributed by atoms with Gasteiger partial charge in [-0.1, -0.05) is 48.5 Å². The third-order valence-corrected chi connectivity index (χ3v) is 4.96. The van der Waals surface area contributed by atoms with Crippen LogP contribution in [-0.2, 0) is 6.18 Å². The maximum absolute atomic E-state index is 13.8. The molecule has 0 aliphatic rings. The summed E-state index contributed by atoms with van der Waals surface area (Å²) in [5, 5.41) is 11.5. The summed E-state index contributed by atoms with van der Waals surface area (Å²) >= 11 is 0. The van der Waals surface area contributed by atoms with Crippen LogP contribution in [0.25, 0.3) is 39.7 Å². The van der Waals surface area contributed by atoms with Gasteiger partial charge in [0, 0.05) is 11.3 Å². The van der Waals surface area contributed by atoms with Crippen LogP contribution < -0.4 is 5.56 Å². The molecular formula is C22H14F3N5O2. The monoisotopic (exact) mass is 437 g/mol. The van der Waals surface area contributed by atoms with Gasteiger partial charge in [-0.15, -0.1) is 10.2 Å². The number of alkyl halides is 3. The predicted octanol–water partition coefficient (Wildman–Crippen LogP) is 4.73. The fraction of sp³-hybridized carbons (Fsp3) is 0.0909. The molecule has 32 heavy (non-hydrogen) atoms. The number of nitrogens with one attached hydrogen (secondary N) is 1. The SMILES string of the molecule is Cc1[nH]c2c(-c3ccccc3)c(C(F)(F)F)nn2c(=O)c1-c1nnc(-c2ccccc2)o1. The van der Waals surface area contributed by atoms with E-state index in [0.29, 0.717) is 10.1 Å². The van der Waals surface area contributed by atoms with Crippen LogP contribution in [0.15, 0.2) is 69.9 Å². The van der Waals surface area contributed by atoms with E-state index in [0.717, 1.165) is 0 Å². The molecule has 3 aromatic heterocycles. The maximum Gasteiger partial charge on any atom is 0.435 e. The summed E-state index contributed by atoms with van der Waals surface area (Å²) in [7, 11) is 0. The van der Waals surface area contributed by atoms with Crippen LogP contribution in [0.4, 0.5) is 13.2 Å². The lowest BCUT2D eigenvalue weighted by molar-refractivity contribution is -0.140. The summed E-state index contributed by atoms with van der Waals surface area (Å²) < 4.78 is 47.7. The van der Waals surface area contributed by atoms with Crippen LogP contribution in [0.3, 0.4) is 0 Å². The first kappa shape index (κ1) is 19.7. The second-order valence-electron chi connectivity index (χ2n) is 7.06. The van der Waals surface area contributed by atoms with E-state index in [1.54, 1.807) is 49.4 Å². The van der Waals surface area contributed by atoms with Gasteiger partial charge in [0.25, 0.3) is 11.4 Å². The molecule has 5 aromatic rings. The highest BCUT2D eigenvalue weighted by atomic mass is 19.4. The molecule has 7 nitrogen and oxygen atoms in total.